The first-order valence-electron chi connectivity index (χ1n) is 8.66. The summed E-state index contributed by atoms with van der Waals surface area (Å²) >= 11 is 0. The van der Waals surface area contributed by atoms with Crippen LogP contribution in [0, 0.1) is 5.82 Å². The SMILES string of the molecule is O=CC1C(c2ccc(F)cc2)=CC(c2ccccn2)=CN1c1ccccc1. The zero-order valence-corrected chi connectivity index (χ0v) is 14.5. The van der Waals surface area contributed by atoms with Crippen LogP contribution in [0.5, 0.6) is 0 Å². The maximum absolute atomic E-state index is 13.4. The number of aromatic nitrogens is 1. The molecule has 1 aromatic heterocycles. The van der Waals surface area contributed by atoms with E-state index in [0.29, 0.717) is 0 Å². The number of aldehydes is 1. The van der Waals surface area contributed by atoms with E-state index in [1.807, 2.05) is 65.7 Å². The fraction of sp³-hybridized carbons (Fsp3) is 0.0435. The predicted octanol–water partition coefficient (Wildman–Crippen LogP) is 4.73. The van der Waals surface area contributed by atoms with E-state index in [2.05, 4.69) is 4.98 Å². The van der Waals surface area contributed by atoms with Crippen LogP contribution in [0.2, 0.25) is 0 Å². The number of nitrogens with zero attached hydrogens (tertiary/aromatic N) is 2. The maximum Gasteiger partial charge on any atom is 0.147 e. The van der Waals surface area contributed by atoms with Crippen molar-refractivity contribution in [1.82, 2.24) is 4.98 Å². The summed E-state index contributed by atoms with van der Waals surface area (Å²) in [5.74, 6) is -0.307. The number of pyridine rings is 1. The lowest BCUT2D eigenvalue weighted by Gasteiger charge is -2.33. The Balaban J connectivity index is 1.87. The number of halogens is 1. The molecule has 2 heterocycles. The number of carbonyl (C=O) groups excluding carboxylic acids is 1. The van der Waals surface area contributed by atoms with Crippen LogP contribution in [0.25, 0.3) is 11.1 Å². The lowest BCUT2D eigenvalue weighted by atomic mass is 9.91. The van der Waals surface area contributed by atoms with Gasteiger partial charge in [-0.25, -0.2) is 4.39 Å². The molecule has 0 bridgehead atoms. The second-order valence-electron chi connectivity index (χ2n) is 6.23. The molecule has 0 aliphatic carbocycles. The number of hydrogen-bond donors (Lipinski definition) is 0. The topological polar surface area (TPSA) is 33.2 Å². The molecule has 0 fully saturated rings. The molecular weight excluding hydrogens is 339 g/mol. The van der Waals surface area contributed by atoms with Crippen LogP contribution in [-0.4, -0.2) is 17.3 Å². The Morgan fingerprint density at radius 1 is 0.926 bits per heavy atom. The monoisotopic (exact) mass is 356 g/mol. The predicted molar refractivity (Wildman–Crippen MR) is 105 cm³/mol. The summed E-state index contributed by atoms with van der Waals surface area (Å²) in [6, 6.07) is 21.1. The smallest absolute Gasteiger partial charge is 0.147 e. The van der Waals surface area contributed by atoms with Crippen LogP contribution >= 0.6 is 0 Å². The molecule has 1 atom stereocenters. The van der Waals surface area contributed by atoms with Crippen LogP contribution in [0.15, 0.2) is 91.3 Å². The molecule has 2 aromatic carbocycles. The Morgan fingerprint density at radius 2 is 1.67 bits per heavy atom. The van der Waals surface area contributed by atoms with Gasteiger partial charge in [0.2, 0.25) is 0 Å². The summed E-state index contributed by atoms with van der Waals surface area (Å²) in [5.41, 5.74) is 4.20. The first-order chi connectivity index (χ1) is 13.3. The molecule has 1 aliphatic heterocycles. The summed E-state index contributed by atoms with van der Waals surface area (Å²) < 4.78 is 13.4. The fourth-order valence-corrected chi connectivity index (χ4v) is 3.21. The van der Waals surface area contributed by atoms with Crippen molar-refractivity contribution in [3.8, 4) is 0 Å². The maximum atomic E-state index is 13.4. The number of rotatable bonds is 4. The van der Waals surface area contributed by atoms with E-state index < -0.39 is 6.04 Å². The van der Waals surface area contributed by atoms with Gasteiger partial charge in [-0.2, -0.15) is 0 Å². The van der Waals surface area contributed by atoms with Crippen LogP contribution < -0.4 is 4.90 Å². The third kappa shape index (κ3) is 3.42. The highest BCUT2D eigenvalue weighted by atomic mass is 19.1. The van der Waals surface area contributed by atoms with Gasteiger partial charge in [-0.1, -0.05) is 36.4 Å². The molecule has 0 saturated carbocycles. The highest BCUT2D eigenvalue weighted by Crippen LogP contribution is 2.34. The summed E-state index contributed by atoms with van der Waals surface area (Å²) in [4.78, 5) is 18.4. The highest BCUT2D eigenvalue weighted by molar-refractivity contribution is 5.98. The summed E-state index contributed by atoms with van der Waals surface area (Å²) in [6.07, 6.45) is 6.53. The standard InChI is InChI=1S/C23H17FN2O/c24-19-11-9-17(10-12-19)21-14-18(22-8-4-5-13-25-22)15-26(23(21)16-27)20-6-2-1-3-7-20/h1-16,23H. The van der Waals surface area contributed by atoms with Crippen LogP contribution in [-0.2, 0) is 4.79 Å². The van der Waals surface area contributed by atoms with Gasteiger partial charge in [0.15, 0.2) is 0 Å². The zero-order valence-electron chi connectivity index (χ0n) is 14.5. The molecular formula is C23H17FN2O. The van der Waals surface area contributed by atoms with E-state index in [1.54, 1.807) is 18.3 Å². The number of carbonyl (C=O) groups is 1. The Hall–Kier alpha value is -3.53. The molecule has 0 saturated heterocycles. The van der Waals surface area contributed by atoms with Gasteiger partial charge < -0.3 is 9.69 Å². The number of hydrogen-bond acceptors (Lipinski definition) is 3. The molecule has 0 N–H and O–H groups in total. The Kier molecular flexibility index (Phi) is 4.62. The van der Waals surface area contributed by atoms with Gasteiger partial charge in [0, 0.05) is 23.7 Å². The lowest BCUT2D eigenvalue weighted by molar-refractivity contribution is -0.107. The number of allylic oxidation sites excluding steroid dienone is 2. The summed E-state index contributed by atoms with van der Waals surface area (Å²) in [5, 5.41) is 0. The van der Waals surface area contributed by atoms with Crippen LogP contribution in [0.1, 0.15) is 11.3 Å². The van der Waals surface area contributed by atoms with E-state index >= 15 is 0 Å². The van der Waals surface area contributed by atoms with Gasteiger partial charge in [-0.05, 0) is 53.6 Å². The molecule has 0 amide bonds. The third-order valence-corrected chi connectivity index (χ3v) is 4.53. The van der Waals surface area contributed by atoms with E-state index in [4.69, 9.17) is 0 Å². The van der Waals surface area contributed by atoms with Gasteiger partial charge in [0.25, 0.3) is 0 Å². The molecule has 27 heavy (non-hydrogen) atoms. The zero-order chi connectivity index (χ0) is 18.6. The highest BCUT2D eigenvalue weighted by Gasteiger charge is 2.27. The van der Waals surface area contributed by atoms with Gasteiger partial charge in [0.05, 0.1) is 5.69 Å². The largest absolute Gasteiger partial charge is 0.333 e. The van der Waals surface area contributed by atoms with Gasteiger partial charge in [0.1, 0.15) is 18.1 Å². The molecule has 3 nitrogen and oxygen atoms in total. The molecule has 0 radical (unpaired) electrons. The Morgan fingerprint density at radius 3 is 2.33 bits per heavy atom. The fourth-order valence-electron chi connectivity index (χ4n) is 3.21. The van der Waals surface area contributed by atoms with Gasteiger partial charge in [-0.15, -0.1) is 0 Å². The number of benzene rings is 2. The molecule has 1 aliphatic rings. The third-order valence-electron chi connectivity index (χ3n) is 4.53. The molecule has 0 spiro atoms. The minimum Gasteiger partial charge on any atom is -0.333 e. The van der Waals surface area contributed by atoms with Crippen molar-refractivity contribution in [2.45, 2.75) is 6.04 Å². The van der Waals surface area contributed by atoms with E-state index in [-0.39, 0.29) is 5.82 Å². The number of para-hydroxylation sites is 1. The van der Waals surface area contributed by atoms with Gasteiger partial charge in [-0.3, -0.25) is 4.98 Å². The minimum atomic E-state index is -0.509. The van der Waals surface area contributed by atoms with Crippen molar-refractivity contribution >= 4 is 23.1 Å². The Bertz CT molecular complexity index is 996. The molecule has 4 rings (SSSR count). The molecule has 1 unspecified atom stereocenters. The molecule has 3 aromatic rings. The average molecular weight is 356 g/mol. The normalized spacial score (nSPS) is 16.5. The van der Waals surface area contributed by atoms with Crippen LogP contribution in [0.4, 0.5) is 10.1 Å². The first kappa shape index (κ1) is 16.9. The molecule has 4 heteroatoms. The quantitative estimate of drug-likeness (QED) is 0.634. The average Bonchev–Trinajstić information content (AvgIpc) is 2.74. The van der Waals surface area contributed by atoms with Crippen molar-refractivity contribution in [1.29, 1.82) is 0 Å². The van der Waals surface area contributed by atoms with Crippen molar-refractivity contribution in [3.63, 3.8) is 0 Å². The number of anilines is 1. The van der Waals surface area contributed by atoms with Crippen molar-refractivity contribution in [3.05, 3.63) is 108 Å². The second-order valence-corrected chi connectivity index (χ2v) is 6.23. The first-order valence-corrected chi connectivity index (χ1v) is 8.66. The van der Waals surface area contributed by atoms with Crippen molar-refractivity contribution < 1.29 is 9.18 Å². The lowest BCUT2D eigenvalue weighted by Crippen LogP contribution is -2.35. The Labute approximate surface area is 157 Å². The van der Waals surface area contributed by atoms with E-state index in [0.717, 1.165) is 34.4 Å². The van der Waals surface area contributed by atoms with E-state index in [1.165, 1.54) is 12.1 Å². The van der Waals surface area contributed by atoms with Gasteiger partial charge >= 0.3 is 0 Å². The summed E-state index contributed by atoms with van der Waals surface area (Å²) in [6.45, 7) is 0. The molecule has 132 valence electrons. The minimum absolute atomic E-state index is 0.307. The van der Waals surface area contributed by atoms with Crippen molar-refractivity contribution in [2.24, 2.45) is 0 Å². The van der Waals surface area contributed by atoms with Crippen molar-refractivity contribution in [2.75, 3.05) is 4.90 Å². The second kappa shape index (κ2) is 7.38. The van der Waals surface area contributed by atoms with E-state index in [9.17, 15) is 9.18 Å². The summed E-state index contributed by atoms with van der Waals surface area (Å²) in [7, 11) is 0. The van der Waals surface area contributed by atoms with Crippen LogP contribution in [0.3, 0.4) is 0 Å².